The highest BCUT2D eigenvalue weighted by Gasteiger charge is 2.47. The molecule has 4 nitrogen and oxygen atoms in total. The van der Waals surface area contributed by atoms with Crippen LogP contribution in [0.1, 0.15) is 16.8 Å². The van der Waals surface area contributed by atoms with Gasteiger partial charge in [0, 0.05) is 43.8 Å². The summed E-state index contributed by atoms with van der Waals surface area (Å²) in [6.45, 7) is 1.84. The first-order valence-corrected chi connectivity index (χ1v) is 8.49. The van der Waals surface area contributed by atoms with E-state index in [1.165, 1.54) is 0 Å². The molecule has 3 aliphatic heterocycles. The molecular formula is C12H15N3OS2. The minimum absolute atomic E-state index is 0.0986. The normalized spacial score (nSPS) is 28.6. The SMILES string of the molecule is CS(=S)N1CC2CC(C1)N2C(=O)c1cccnc1. The molecule has 3 fully saturated rings. The monoisotopic (exact) mass is 281 g/mol. The van der Waals surface area contributed by atoms with Crippen molar-refractivity contribution in [2.24, 2.45) is 0 Å². The van der Waals surface area contributed by atoms with Crippen LogP contribution in [0.4, 0.5) is 0 Å². The number of amides is 1. The molecule has 0 saturated carbocycles. The second-order valence-electron chi connectivity index (χ2n) is 4.77. The molecular weight excluding hydrogens is 266 g/mol. The number of hydrogen-bond acceptors (Lipinski definition) is 3. The topological polar surface area (TPSA) is 36.4 Å². The van der Waals surface area contributed by atoms with Crippen LogP contribution in [0.2, 0.25) is 0 Å². The highest BCUT2D eigenvalue weighted by atomic mass is 32.8. The molecule has 3 aliphatic rings. The fraction of sp³-hybridized carbons (Fsp3) is 0.500. The number of pyridine rings is 1. The van der Waals surface area contributed by atoms with Gasteiger partial charge in [-0.05, 0) is 29.7 Å². The Morgan fingerprint density at radius 1 is 1.50 bits per heavy atom. The third-order valence-corrected chi connectivity index (χ3v) is 5.32. The Bertz CT molecular complexity index is 481. The van der Waals surface area contributed by atoms with Crippen molar-refractivity contribution in [3.63, 3.8) is 0 Å². The molecule has 0 radical (unpaired) electrons. The predicted molar refractivity (Wildman–Crippen MR) is 74.8 cm³/mol. The van der Waals surface area contributed by atoms with E-state index < -0.39 is 0 Å². The van der Waals surface area contributed by atoms with E-state index in [-0.39, 0.29) is 15.5 Å². The number of piperazine rings is 1. The zero-order chi connectivity index (χ0) is 12.7. The summed E-state index contributed by atoms with van der Waals surface area (Å²) in [4.78, 5) is 18.4. The number of carbonyl (C=O) groups excluding carboxylic acids is 1. The van der Waals surface area contributed by atoms with Gasteiger partial charge in [0.05, 0.1) is 5.56 Å². The van der Waals surface area contributed by atoms with E-state index in [2.05, 4.69) is 15.5 Å². The molecule has 1 amide bonds. The van der Waals surface area contributed by atoms with Crippen LogP contribution in [0.25, 0.3) is 0 Å². The number of hydrogen-bond donors (Lipinski definition) is 0. The fourth-order valence-electron chi connectivity index (χ4n) is 2.75. The molecule has 3 unspecified atom stereocenters. The van der Waals surface area contributed by atoms with Gasteiger partial charge in [-0.1, -0.05) is 9.64 Å². The Labute approximate surface area is 114 Å². The third kappa shape index (κ3) is 1.98. The molecule has 2 bridgehead atoms. The first kappa shape index (κ1) is 12.2. The number of aromatic nitrogens is 1. The molecule has 96 valence electrons. The Kier molecular flexibility index (Phi) is 3.17. The molecule has 3 atom stereocenters. The standard InChI is InChI=1S/C12H15N3OS2/c1-18(17)14-7-10-5-11(8-14)15(10)12(16)9-3-2-4-13-6-9/h2-4,6,10-11H,5,7-8H2,1H3. The van der Waals surface area contributed by atoms with Gasteiger partial charge in [0.1, 0.15) is 0 Å². The molecule has 4 rings (SSSR count). The lowest BCUT2D eigenvalue weighted by Crippen LogP contribution is -2.70. The first-order chi connectivity index (χ1) is 8.66. The van der Waals surface area contributed by atoms with E-state index in [1.54, 1.807) is 12.4 Å². The highest BCUT2D eigenvalue weighted by Crippen LogP contribution is 2.33. The summed E-state index contributed by atoms with van der Waals surface area (Å²) in [5.41, 5.74) is 0.689. The number of carbonyl (C=O) groups is 1. The zero-order valence-corrected chi connectivity index (χ0v) is 11.8. The Balaban J connectivity index is 1.74. The minimum atomic E-state index is -0.0986. The molecule has 0 N–H and O–H groups in total. The number of fused-ring (bicyclic) bond motifs is 2. The molecule has 1 aromatic rings. The third-order valence-electron chi connectivity index (χ3n) is 3.67. The van der Waals surface area contributed by atoms with Gasteiger partial charge in [-0.15, -0.1) is 0 Å². The van der Waals surface area contributed by atoms with E-state index in [9.17, 15) is 4.79 Å². The van der Waals surface area contributed by atoms with Crippen molar-refractivity contribution in [2.75, 3.05) is 19.3 Å². The van der Waals surface area contributed by atoms with Crippen LogP contribution in [0.3, 0.4) is 0 Å². The van der Waals surface area contributed by atoms with Gasteiger partial charge in [-0.2, -0.15) is 0 Å². The second kappa shape index (κ2) is 4.68. The van der Waals surface area contributed by atoms with Crippen molar-refractivity contribution >= 4 is 26.7 Å². The average Bonchev–Trinajstić information content (AvgIpc) is 2.39. The number of nitrogens with zero attached hydrogens (tertiary/aromatic N) is 3. The van der Waals surface area contributed by atoms with E-state index >= 15 is 0 Å². The van der Waals surface area contributed by atoms with E-state index in [0.717, 1.165) is 19.5 Å². The largest absolute Gasteiger partial charge is 0.330 e. The molecule has 0 spiro atoms. The summed E-state index contributed by atoms with van der Waals surface area (Å²) < 4.78 is 2.31. The summed E-state index contributed by atoms with van der Waals surface area (Å²) in [5, 5.41) is 0. The molecule has 0 aliphatic carbocycles. The molecule has 18 heavy (non-hydrogen) atoms. The fourth-order valence-corrected chi connectivity index (χ4v) is 3.88. The van der Waals surface area contributed by atoms with Gasteiger partial charge in [0.2, 0.25) is 0 Å². The highest BCUT2D eigenvalue weighted by molar-refractivity contribution is 8.27. The van der Waals surface area contributed by atoms with Crippen LogP contribution in [-0.2, 0) is 20.8 Å². The molecule has 0 aromatic carbocycles. The maximum absolute atomic E-state index is 12.4. The summed E-state index contributed by atoms with van der Waals surface area (Å²) in [6, 6.07) is 4.32. The van der Waals surface area contributed by atoms with Crippen molar-refractivity contribution in [3.05, 3.63) is 30.1 Å². The van der Waals surface area contributed by atoms with Crippen LogP contribution < -0.4 is 0 Å². The van der Waals surface area contributed by atoms with Gasteiger partial charge in [-0.25, -0.2) is 4.31 Å². The van der Waals surface area contributed by atoms with E-state index in [0.29, 0.717) is 17.6 Å². The smallest absolute Gasteiger partial charge is 0.256 e. The van der Waals surface area contributed by atoms with Crippen molar-refractivity contribution in [1.29, 1.82) is 0 Å². The van der Waals surface area contributed by atoms with Crippen LogP contribution in [0, 0.1) is 0 Å². The predicted octanol–water partition coefficient (Wildman–Crippen LogP) is 0.605. The summed E-state index contributed by atoms with van der Waals surface area (Å²) >= 11 is 5.31. The van der Waals surface area contributed by atoms with Crippen molar-refractivity contribution in [3.8, 4) is 0 Å². The number of piperidine rings is 1. The van der Waals surface area contributed by atoms with E-state index in [1.807, 2.05) is 17.0 Å². The van der Waals surface area contributed by atoms with Crippen LogP contribution in [-0.4, -0.2) is 51.5 Å². The van der Waals surface area contributed by atoms with Crippen LogP contribution in [0.5, 0.6) is 0 Å². The van der Waals surface area contributed by atoms with Gasteiger partial charge in [0.15, 0.2) is 0 Å². The minimum Gasteiger partial charge on any atom is -0.330 e. The molecule has 4 heterocycles. The van der Waals surface area contributed by atoms with Crippen molar-refractivity contribution in [2.45, 2.75) is 18.5 Å². The summed E-state index contributed by atoms with van der Waals surface area (Å²) in [6.07, 6.45) is 6.52. The van der Waals surface area contributed by atoms with Crippen molar-refractivity contribution < 1.29 is 4.79 Å². The van der Waals surface area contributed by atoms with Crippen LogP contribution in [0.15, 0.2) is 24.5 Å². The Morgan fingerprint density at radius 2 is 2.22 bits per heavy atom. The van der Waals surface area contributed by atoms with Gasteiger partial charge in [-0.3, -0.25) is 9.78 Å². The number of rotatable bonds is 2. The maximum atomic E-state index is 12.4. The van der Waals surface area contributed by atoms with E-state index in [4.69, 9.17) is 11.2 Å². The quantitative estimate of drug-likeness (QED) is 0.796. The Morgan fingerprint density at radius 3 is 2.78 bits per heavy atom. The average molecular weight is 281 g/mol. The summed E-state index contributed by atoms with van der Waals surface area (Å²) in [7, 11) is -0.0986. The second-order valence-corrected chi connectivity index (χ2v) is 7.58. The zero-order valence-electron chi connectivity index (χ0n) is 10.2. The lowest BCUT2D eigenvalue weighted by molar-refractivity contribution is -0.0225. The maximum Gasteiger partial charge on any atom is 0.256 e. The Hall–Kier alpha value is -0.850. The molecule has 3 saturated heterocycles. The molecule has 1 aromatic heterocycles. The van der Waals surface area contributed by atoms with Gasteiger partial charge < -0.3 is 4.90 Å². The van der Waals surface area contributed by atoms with Crippen molar-refractivity contribution in [1.82, 2.24) is 14.2 Å². The van der Waals surface area contributed by atoms with Crippen LogP contribution >= 0.6 is 0 Å². The lowest BCUT2D eigenvalue weighted by Gasteiger charge is -2.56. The summed E-state index contributed by atoms with van der Waals surface area (Å²) in [5.74, 6) is 0.115. The van der Waals surface area contributed by atoms with Gasteiger partial charge in [0.25, 0.3) is 5.91 Å². The molecule has 6 heteroatoms. The lowest BCUT2D eigenvalue weighted by atomic mass is 9.88. The first-order valence-electron chi connectivity index (χ1n) is 5.98. The van der Waals surface area contributed by atoms with Gasteiger partial charge >= 0.3 is 0 Å².